The number of hydrogen-bond donors (Lipinski definition) is 2. The van der Waals surface area contributed by atoms with Crippen LogP contribution in [0.5, 0.6) is 17.2 Å². The molecule has 2 unspecified atom stereocenters. The summed E-state index contributed by atoms with van der Waals surface area (Å²) in [5.74, 6) is 2.13. The van der Waals surface area contributed by atoms with Crippen molar-refractivity contribution in [1.29, 1.82) is 0 Å². The van der Waals surface area contributed by atoms with Gasteiger partial charge < -0.3 is 24.8 Å². The van der Waals surface area contributed by atoms with Crippen LogP contribution in [-0.4, -0.2) is 50.8 Å². The molecule has 2 atom stereocenters. The van der Waals surface area contributed by atoms with E-state index < -0.39 is 0 Å². The highest BCUT2D eigenvalue weighted by atomic mass is 16.5. The van der Waals surface area contributed by atoms with E-state index >= 15 is 0 Å². The van der Waals surface area contributed by atoms with E-state index in [0.29, 0.717) is 54.5 Å². The summed E-state index contributed by atoms with van der Waals surface area (Å²) in [7, 11) is 0. The van der Waals surface area contributed by atoms with Crippen molar-refractivity contribution in [3.8, 4) is 28.4 Å². The number of fused-ring (bicyclic) bond motifs is 3. The molecule has 0 spiro atoms. The predicted octanol–water partition coefficient (Wildman–Crippen LogP) is 4.34. The van der Waals surface area contributed by atoms with Crippen LogP contribution >= 0.6 is 0 Å². The molecular formula is C27H34N2O4. The average molecular weight is 451 g/mol. The van der Waals surface area contributed by atoms with Crippen LogP contribution in [0.2, 0.25) is 0 Å². The molecule has 0 amide bonds. The largest absolute Gasteiger partial charge is 0.493 e. The molecule has 1 aliphatic carbocycles. The Kier molecular flexibility index (Phi) is 6.83. The van der Waals surface area contributed by atoms with Crippen LogP contribution in [0.15, 0.2) is 30.3 Å². The Hall–Kier alpha value is -2.57. The summed E-state index contributed by atoms with van der Waals surface area (Å²) in [5.41, 5.74) is 2.99. The van der Waals surface area contributed by atoms with Crippen molar-refractivity contribution in [1.82, 2.24) is 10.6 Å². The molecule has 0 aromatic heterocycles. The quantitative estimate of drug-likeness (QED) is 0.479. The fraction of sp³-hybridized carbons (Fsp3) is 0.519. The van der Waals surface area contributed by atoms with Gasteiger partial charge in [0.1, 0.15) is 17.2 Å². The van der Waals surface area contributed by atoms with E-state index in [1.165, 1.54) is 25.7 Å². The van der Waals surface area contributed by atoms with Crippen molar-refractivity contribution in [3.63, 3.8) is 0 Å². The maximum Gasteiger partial charge on any atom is 0.194 e. The van der Waals surface area contributed by atoms with Gasteiger partial charge in [-0.15, -0.1) is 0 Å². The molecule has 176 valence electrons. The zero-order chi connectivity index (χ0) is 22.6. The minimum atomic E-state index is 0.00627. The molecule has 2 aromatic carbocycles. The molecule has 0 bridgehead atoms. The summed E-state index contributed by atoms with van der Waals surface area (Å²) in [6.07, 6.45) is 6.78. The number of benzene rings is 2. The SMILES string of the molecule is CCOc1cc(OCCC2CCCN2)cc2c1-c1c(OCCC3CCCN3)cccc1C2=O. The zero-order valence-corrected chi connectivity index (χ0v) is 19.5. The van der Waals surface area contributed by atoms with Gasteiger partial charge >= 0.3 is 0 Å². The number of nitrogens with one attached hydrogen (secondary N) is 2. The van der Waals surface area contributed by atoms with E-state index in [9.17, 15) is 4.79 Å². The van der Waals surface area contributed by atoms with Gasteiger partial charge in [0, 0.05) is 40.4 Å². The topological polar surface area (TPSA) is 68.8 Å². The first kappa shape index (κ1) is 22.2. The third kappa shape index (κ3) is 4.73. The number of carbonyl (C=O) groups is 1. The third-order valence-corrected chi connectivity index (χ3v) is 6.92. The van der Waals surface area contributed by atoms with E-state index in [1.807, 2.05) is 37.3 Å². The summed E-state index contributed by atoms with van der Waals surface area (Å²) >= 11 is 0. The second-order valence-corrected chi connectivity index (χ2v) is 9.15. The zero-order valence-electron chi connectivity index (χ0n) is 19.5. The van der Waals surface area contributed by atoms with Crippen molar-refractivity contribution in [2.24, 2.45) is 0 Å². The van der Waals surface area contributed by atoms with Gasteiger partial charge in [-0.05, 0) is 70.7 Å². The van der Waals surface area contributed by atoms with E-state index in [1.54, 1.807) is 0 Å². The highest BCUT2D eigenvalue weighted by Gasteiger charge is 2.33. The van der Waals surface area contributed by atoms with E-state index in [4.69, 9.17) is 14.2 Å². The van der Waals surface area contributed by atoms with Gasteiger partial charge in [-0.3, -0.25) is 4.79 Å². The molecule has 3 aliphatic rings. The number of ketones is 1. The van der Waals surface area contributed by atoms with Crippen LogP contribution in [0.25, 0.3) is 11.1 Å². The van der Waals surface area contributed by atoms with Crippen LogP contribution < -0.4 is 24.8 Å². The molecule has 5 rings (SSSR count). The molecule has 2 fully saturated rings. The Morgan fingerprint density at radius 1 is 0.848 bits per heavy atom. The highest BCUT2D eigenvalue weighted by Crippen LogP contribution is 2.49. The normalized spacial score (nSPS) is 21.2. The Morgan fingerprint density at radius 2 is 1.55 bits per heavy atom. The summed E-state index contributed by atoms with van der Waals surface area (Å²) in [6.45, 7) is 5.89. The smallest absolute Gasteiger partial charge is 0.194 e. The van der Waals surface area contributed by atoms with Crippen LogP contribution in [0.3, 0.4) is 0 Å². The summed E-state index contributed by atoms with van der Waals surface area (Å²) in [6, 6.07) is 10.6. The fourth-order valence-electron chi connectivity index (χ4n) is 5.26. The highest BCUT2D eigenvalue weighted by molar-refractivity contribution is 6.23. The van der Waals surface area contributed by atoms with Crippen molar-refractivity contribution in [2.75, 3.05) is 32.9 Å². The van der Waals surface area contributed by atoms with Gasteiger partial charge in [0.2, 0.25) is 0 Å². The minimum absolute atomic E-state index is 0.00627. The van der Waals surface area contributed by atoms with Gasteiger partial charge in [-0.25, -0.2) is 0 Å². The summed E-state index contributed by atoms with van der Waals surface area (Å²) in [4.78, 5) is 13.3. The van der Waals surface area contributed by atoms with Crippen LogP contribution in [-0.2, 0) is 0 Å². The minimum Gasteiger partial charge on any atom is -0.493 e. The first-order valence-electron chi connectivity index (χ1n) is 12.5. The van der Waals surface area contributed by atoms with Gasteiger partial charge in [-0.1, -0.05) is 12.1 Å². The van der Waals surface area contributed by atoms with E-state index in [-0.39, 0.29) is 5.78 Å². The number of hydrogen-bond acceptors (Lipinski definition) is 6. The Labute approximate surface area is 196 Å². The maximum atomic E-state index is 13.3. The Bertz CT molecular complexity index is 994. The molecular weight excluding hydrogens is 416 g/mol. The van der Waals surface area contributed by atoms with Gasteiger partial charge in [-0.2, -0.15) is 0 Å². The number of rotatable bonds is 10. The second kappa shape index (κ2) is 10.1. The molecule has 0 radical (unpaired) electrons. The lowest BCUT2D eigenvalue weighted by Gasteiger charge is -2.17. The van der Waals surface area contributed by atoms with Crippen molar-refractivity contribution >= 4 is 5.78 Å². The average Bonchev–Trinajstić information content (AvgIpc) is 3.57. The number of carbonyl (C=O) groups excluding carboxylic acids is 1. The Morgan fingerprint density at radius 3 is 2.21 bits per heavy atom. The predicted molar refractivity (Wildman–Crippen MR) is 129 cm³/mol. The monoisotopic (exact) mass is 450 g/mol. The first-order chi connectivity index (χ1) is 16.2. The fourth-order valence-corrected chi connectivity index (χ4v) is 5.26. The van der Waals surface area contributed by atoms with E-state index in [2.05, 4.69) is 10.6 Å². The lowest BCUT2D eigenvalue weighted by molar-refractivity contribution is 0.104. The third-order valence-electron chi connectivity index (χ3n) is 6.92. The molecule has 2 aromatic rings. The molecule has 6 heteroatoms. The van der Waals surface area contributed by atoms with Crippen LogP contribution in [0.1, 0.15) is 61.4 Å². The number of ether oxygens (including phenoxy) is 3. The van der Waals surface area contributed by atoms with E-state index in [0.717, 1.165) is 42.8 Å². The molecule has 6 nitrogen and oxygen atoms in total. The maximum absolute atomic E-state index is 13.3. The molecule has 2 heterocycles. The molecule has 0 saturated carbocycles. The van der Waals surface area contributed by atoms with Gasteiger partial charge in [0.25, 0.3) is 0 Å². The molecule has 33 heavy (non-hydrogen) atoms. The summed E-state index contributed by atoms with van der Waals surface area (Å²) in [5, 5.41) is 7.01. The Balaban J connectivity index is 1.38. The van der Waals surface area contributed by atoms with Crippen LogP contribution in [0.4, 0.5) is 0 Å². The lowest BCUT2D eigenvalue weighted by atomic mass is 10.0. The van der Waals surface area contributed by atoms with Gasteiger partial charge in [0.15, 0.2) is 5.78 Å². The van der Waals surface area contributed by atoms with Crippen molar-refractivity contribution in [3.05, 3.63) is 41.5 Å². The standard InChI is InChI=1S/C27H34N2O4/c1-2-31-24-17-20(32-14-10-18-6-4-12-28-18)16-22-26(24)25-21(27(22)30)8-3-9-23(25)33-15-11-19-7-5-13-29-19/h3,8-9,16-19,28-29H,2,4-7,10-15H2,1H3. The van der Waals surface area contributed by atoms with Crippen LogP contribution in [0, 0.1) is 0 Å². The molecule has 2 aliphatic heterocycles. The summed E-state index contributed by atoms with van der Waals surface area (Å²) < 4.78 is 18.3. The molecule has 2 saturated heterocycles. The van der Waals surface area contributed by atoms with Crippen molar-refractivity contribution in [2.45, 2.75) is 57.5 Å². The van der Waals surface area contributed by atoms with Crippen molar-refractivity contribution < 1.29 is 19.0 Å². The van der Waals surface area contributed by atoms with Gasteiger partial charge in [0.05, 0.1) is 19.8 Å². The molecule has 2 N–H and O–H groups in total. The second-order valence-electron chi connectivity index (χ2n) is 9.15. The lowest BCUT2D eigenvalue weighted by Crippen LogP contribution is -2.23. The first-order valence-corrected chi connectivity index (χ1v) is 12.5.